The molecule has 3 heterocycles. The van der Waals surface area contributed by atoms with Crippen molar-refractivity contribution in [1.29, 1.82) is 0 Å². The van der Waals surface area contributed by atoms with Crippen LogP contribution in [0.2, 0.25) is 5.02 Å². The van der Waals surface area contributed by atoms with Gasteiger partial charge in [0, 0.05) is 11.8 Å². The summed E-state index contributed by atoms with van der Waals surface area (Å²) in [4.78, 5) is 22.3. The normalized spacial score (nSPS) is 13.2. The number of rotatable bonds is 5. The van der Waals surface area contributed by atoms with E-state index >= 15 is 4.39 Å². The minimum atomic E-state index is -0.644. The van der Waals surface area contributed by atoms with Gasteiger partial charge in [-0.2, -0.15) is 10.2 Å². The van der Waals surface area contributed by atoms with Crippen LogP contribution in [0.25, 0.3) is 16.9 Å². The molecule has 4 aromatic rings. The van der Waals surface area contributed by atoms with Crippen molar-refractivity contribution < 1.29 is 9.18 Å². The summed E-state index contributed by atoms with van der Waals surface area (Å²) < 4.78 is 15.0. The van der Waals surface area contributed by atoms with Gasteiger partial charge in [-0.25, -0.2) is 9.37 Å². The molecule has 1 aromatic carbocycles. The number of amides is 1. The Hall–Kier alpha value is -3.85. The van der Waals surface area contributed by atoms with E-state index in [1.54, 1.807) is 18.3 Å². The zero-order valence-corrected chi connectivity index (χ0v) is 17.4. The minimum Gasteiger partial charge on any atom is -0.397 e. The van der Waals surface area contributed by atoms with Gasteiger partial charge < -0.3 is 11.1 Å². The largest absolute Gasteiger partial charge is 0.397 e. The van der Waals surface area contributed by atoms with Gasteiger partial charge in [-0.05, 0) is 54.2 Å². The van der Waals surface area contributed by atoms with Crippen molar-refractivity contribution in [2.24, 2.45) is 0 Å². The van der Waals surface area contributed by atoms with Crippen molar-refractivity contribution >= 4 is 28.9 Å². The van der Waals surface area contributed by atoms with Gasteiger partial charge in [-0.1, -0.05) is 11.6 Å². The lowest BCUT2D eigenvalue weighted by atomic mass is 9.93. The van der Waals surface area contributed by atoms with E-state index in [1.807, 2.05) is 0 Å². The molecule has 1 aliphatic carbocycles. The molecule has 1 amide bonds. The molecule has 160 valence electrons. The second kappa shape index (κ2) is 8.01. The molecule has 1 aliphatic rings. The number of carbonyl (C=O) groups is 1. The third-order valence-electron chi connectivity index (χ3n) is 5.23. The molecule has 0 aliphatic heterocycles. The molecule has 32 heavy (non-hydrogen) atoms. The van der Waals surface area contributed by atoms with Gasteiger partial charge in [0.15, 0.2) is 5.82 Å². The third-order valence-corrected chi connectivity index (χ3v) is 5.51. The van der Waals surface area contributed by atoms with Crippen molar-refractivity contribution in [2.45, 2.75) is 18.8 Å². The maximum absolute atomic E-state index is 15.0. The number of hydrogen-bond donors (Lipinski definition) is 2. The monoisotopic (exact) mass is 449 g/mol. The van der Waals surface area contributed by atoms with E-state index in [9.17, 15) is 4.79 Å². The summed E-state index contributed by atoms with van der Waals surface area (Å²) in [7, 11) is 0. The molecule has 0 bridgehead atoms. The van der Waals surface area contributed by atoms with Gasteiger partial charge in [0.05, 0.1) is 46.7 Å². The van der Waals surface area contributed by atoms with E-state index in [0.29, 0.717) is 28.3 Å². The molecule has 10 heteroatoms. The van der Waals surface area contributed by atoms with E-state index < -0.39 is 11.7 Å². The number of nitrogen functional groups attached to an aromatic ring is 1. The molecule has 5 rings (SSSR count). The van der Waals surface area contributed by atoms with Crippen molar-refractivity contribution in [3.05, 3.63) is 77.2 Å². The number of hydrogen-bond acceptors (Lipinski definition) is 6. The van der Waals surface area contributed by atoms with Crippen LogP contribution >= 0.6 is 11.6 Å². The van der Waals surface area contributed by atoms with E-state index in [4.69, 9.17) is 17.3 Å². The van der Waals surface area contributed by atoms with E-state index in [-0.39, 0.29) is 16.5 Å². The van der Waals surface area contributed by atoms with Crippen LogP contribution in [-0.2, 0) is 0 Å². The number of anilines is 2. The van der Waals surface area contributed by atoms with Crippen LogP contribution in [0.5, 0.6) is 0 Å². The SMILES string of the molecule is Nc1cnccc1-c1cc(F)c(C(=O)Nc2cnc(-n3nccn3)c(Cl)c2)cc1C1CC1. The molecule has 8 nitrogen and oxygen atoms in total. The van der Waals surface area contributed by atoms with Crippen molar-refractivity contribution in [3.8, 4) is 16.9 Å². The molecule has 1 fully saturated rings. The molecule has 0 atom stereocenters. The Morgan fingerprint density at radius 2 is 1.91 bits per heavy atom. The predicted octanol–water partition coefficient (Wildman–Crippen LogP) is 4.23. The molecule has 3 N–H and O–H groups in total. The summed E-state index contributed by atoms with van der Waals surface area (Å²) in [6.45, 7) is 0. The maximum Gasteiger partial charge on any atom is 0.258 e. The Morgan fingerprint density at radius 1 is 1.12 bits per heavy atom. The summed E-state index contributed by atoms with van der Waals surface area (Å²) in [5.74, 6) is -0.658. The molecule has 3 aromatic heterocycles. The van der Waals surface area contributed by atoms with E-state index in [1.165, 1.54) is 41.7 Å². The number of pyridine rings is 2. The lowest BCUT2D eigenvalue weighted by Gasteiger charge is -2.14. The average molecular weight is 450 g/mol. The highest BCUT2D eigenvalue weighted by Crippen LogP contribution is 2.46. The summed E-state index contributed by atoms with van der Waals surface area (Å²) in [6.07, 6.45) is 9.51. The fourth-order valence-electron chi connectivity index (χ4n) is 3.55. The van der Waals surface area contributed by atoms with Gasteiger partial charge in [-0.3, -0.25) is 9.78 Å². The zero-order valence-electron chi connectivity index (χ0n) is 16.7. The van der Waals surface area contributed by atoms with Crippen molar-refractivity contribution in [2.75, 3.05) is 11.1 Å². The fourth-order valence-corrected chi connectivity index (χ4v) is 3.79. The van der Waals surface area contributed by atoms with E-state index in [2.05, 4.69) is 25.5 Å². The summed E-state index contributed by atoms with van der Waals surface area (Å²) in [6, 6.07) is 6.23. The lowest BCUT2D eigenvalue weighted by Crippen LogP contribution is -2.15. The number of benzene rings is 1. The molecular weight excluding hydrogens is 433 g/mol. The van der Waals surface area contributed by atoms with Crippen LogP contribution in [-0.4, -0.2) is 30.9 Å². The third kappa shape index (κ3) is 3.78. The van der Waals surface area contributed by atoms with Crippen LogP contribution < -0.4 is 11.1 Å². The number of nitrogens with zero attached hydrogens (tertiary/aromatic N) is 5. The molecule has 0 saturated heterocycles. The quantitative estimate of drug-likeness (QED) is 0.471. The standard InChI is InChI=1S/C22H17ClFN7O/c23-18-7-13(10-27-21(18)31-28-5-6-29-31)30-22(32)17-8-15(12-1-2-12)16(9-19(17)24)14-3-4-26-11-20(14)25/h3-12H,1-2,25H2,(H,30,32). The van der Waals surface area contributed by atoms with E-state index in [0.717, 1.165) is 18.4 Å². The molecular formula is C22H17ClFN7O. The van der Waals surface area contributed by atoms with Crippen LogP contribution in [0.1, 0.15) is 34.7 Å². The predicted molar refractivity (Wildman–Crippen MR) is 118 cm³/mol. The highest BCUT2D eigenvalue weighted by Gasteiger charge is 2.29. The van der Waals surface area contributed by atoms with Gasteiger partial charge >= 0.3 is 0 Å². The fraction of sp³-hybridized carbons (Fsp3) is 0.136. The summed E-state index contributed by atoms with van der Waals surface area (Å²) in [5.41, 5.74) is 9.06. The zero-order chi connectivity index (χ0) is 22.2. The molecule has 0 unspecified atom stereocenters. The van der Waals surface area contributed by atoms with Gasteiger partial charge in [-0.15, -0.1) is 4.80 Å². The first-order valence-electron chi connectivity index (χ1n) is 9.88. The smallest absolute Gasteiger partial charge is 0.258 e. The van der Waals surface area contributed by atoms with Crippen LogP contribution in [0.4, 0.5) is 15.8 Å². The highest BCUT2D eigenvalue weighted by molar-refractivity contribution is 6.32. The molecule has 0 radical (unpaired) electrons. The lowest BCUT2D eigenvalue weighted by molar-refractivity contribution is 0.102. The Kier molecular flexibility index (Phi) is 5.02. The Morgan fingerprint density at radius 3 is 2.59 bits per heavy atom. The Labute approximate surface area is 187 Å². The van der Waals surface area contributed by atoms with Crippen molar-refractivity contribution in [3.63, 3.8) is 0 Å². The molecule has 0 spiro atoms. The maximum atomic E-state index is 15.0. The second-order valence-corrected chi connectivity index (χ2v) is 7.87. The number of aromatic nitrogens is 5. The first kappa shape index (κ1) is 20.1. The number of halogens is 2. The first-order valence-corrected chi connectivity index (χ1v) is 10.3. The Balaban J connectivity index is 1.46. The number of nitrogens with one attached hydrogen (secondary N) is 1. The van der Waals surface area contributed by atoms with Gasteiger partial charge in [0.2, 0.25) is 0 Å². The number of carbonyl (C=O) groups excluding carboxylic acids is 1. The second-order valence-electron chi connectivity index (χ2n) is 7.46. The summed E-state index contributed by atoms with van der Waals surface area (Å²) >= 11 is 6.25. The minimum absolute atomic E-state index is 0.0581. The Bertz CT molecular complexity index is 1320. The van der Waals surface area contributed by atoms with Crippen LogP contribution in [0, 0.1) is 5.82 Å². The number of nitrogens with two attached hydrogens (primary N) is 1. The average Bonchev–Trinajstić information content (AvgIpc) is 3.48. The molecule has 1 saturated carbocycles. The van der Waals surface area contributed by atoms with Gasteiger partial charge in [0.25, 0.3) is 5.91 Å². The first-order chi connectivity index (χ1) is 15.5. The summed E-state index contributed by atoms with van der Waals surface area (Å²) in [5, 5.41) is 10.9. The van der Waals surface area contributed by atoms with Crippen molar-refractivity contribution in [1.82, 2.24) is 25.0 Å². The van der Waals surface area contributed by atoms with Gasteiger partial charge in [0.1, 0.15) is 5.82 Å². The highest BCUT2D eigenvalue weighted by atomic mass is 35.5. The topological polar surface area (TPSA) is 112 Å². The van der Waals surface area contributed by atoms with Crippen LogP contribution in [0.3, 0.4) is 0 Å². The van der Waals surface area contributed by atoms with Crippen LogP contribution in [0.15, 0.2) is 55.2 Å².